The molecule has 0 saturated heterocycles. The molecular formula is C17H31N. The number of rotatable bonds is 6. The topological polar surface area (TPSA) is 12.0 Å². The van der Waals surface area contributed by atoms with Crippen molar-refractivity contribution in [1.82, 2.24) is 5.32 Å². The largest absolute Gasteiger partial charge is 0.313 e. The van der Waals surface area contributed by atoms with E-state index in [0.29, 0.717) is 0 Å². The van der Waals surface area contributed by atoms with E-state index in [1.54, 1.807) is 0 Å². The van der Waals surface area contributed by atoms with Gasteiger partial charge in [-0.15, -0.1) is 0 Å². The molecule has 3 fully saturated rings. The number of nitrogens with one attached hydrogen (secondary N) is 1. The third-order valence-electron chi connectivity index (χ3n) is 5.86. The Morgan fingerprint density at radius 3 is 2.50 bits per heavy atom. The zero-order chi connectivity index (χ0) is 12.4. The van der Waals surface area contributed by atoms with Crippen LogP contribution in [0.25, 0.3) is 0 Å². The fraction of sp³-hybridized carbons (Fsp3) is 1.00. The predicted octanol–water partition coefficient (Wildman–Crippen LogP) is 4.52. The van der Waals surface area contributed by atoms with Crippen molar-refractivity contribution in [2.45, 2.75) is 83.6 Å². The van der Waals surface area contributed by atoms with E-state index in [-0.39, 0.29) is 0 Å². The molecule has 0 aromatic heterocycles. The van der Waals surface area contributed by atoms with Gasteiger partial charge in [-0.3, -0.25) is 0 Å². The van der Waals surface area contributed by atoms with Crippen LogP contribution >= 0.6 is 0 Å². The molecule has 0 aromatic rings. The summed E-state index contributed by atoms with van der Waals surface area (Å²) >= 11 is 0. The quantitative estimate of drug-likeness (QED) is 0.683. The molecule has 3 rings (SSSR count). The van der Waals surface area contributed by atoms with E-state index in [9.17, 15) is 0 Å². The van der Waals surface area contributed by atoms with Crippen molar-refractivity contribution in [2.75, 3.05) is 6.54 Å². The summed E-state index contributed by atoms with van der Waals surface area (Å²) in [5, 5.41) is 3.95. The lowest BCUT2D eigenvalue weighted by atomic mass is 9.95. The molecule has 0 spiro atoms. The average molecular weight is 249 g/mol. The highest BCUT2D eigenvalue weighted by atomic mass is 14.9. The summed E-state index contributed by atoms with van der Waals surface area (Å²) < 4.78 is 0. The third kappa shape index (κ3) is 3.10. The van der Waals surface area contributed by atoms with Gasteiger partial charge in [-0.2, -0.15) is 0 Å². The zero-order valence-corrected chi connectivity index (χ0v) is 12.2. The fourth-order valence-corrected chi connectivity index (χ4v) is 4.21. The Morgan fingerprint density at radius 1 is 1.00 bits per heavy atom. The van der Waals surface area contributed by atoms with Crippen molar-refractivity contribution in [2.24, 2.45) is 17.3 Å². The van der Waals surface area contributed by atoms with Gasteiger partial charge in [0.1, 0.15) is 0 Å². The van der Waals surface area contributed by atoms with Crippen molar-refractivity contribution < 1.29 is 0 Å². The highest BCUT2D eigenvalue weighted by molar-refractivity contribution is 5.05. The first kappa shape index (κ1) is 13.0. The van der Waals surface area contributed by atoms with Crippen LogP contribution in [0.4, 0.5) is 0 Å². The molecule has 2 unspecified atom stereocenters. The van der Waals surface area contributed by atoms with E-state index in [1.807, 2.05) is 0 Å². The van der Waals surface area contributed by atoms with Crippen molar-refractivity contribution in [1.29, 1.82) is 0 Å². The lowest BCUT2D eigenvalue weighted by Gasteiger charge is -2.21. The minimum Gasteiger partial charge on any atom is -0.313 e. The second-order valence-electron chi connectivity index (χ2n) is 7.38. The van der Waals surface area contributed by atoms with Crippen LogP contribution in [0.1, 0.15) is 77.6 Å². The third-order valence-corrected chi connectivity index (χ3v) is 5.86. The van der Waals surface area contributed by atoms with Crippen LogP contribution in [-0.2, 0) is 0 Å². The first-order chi connectivity index (χ1) is 8.82. The molecule has 104 valence electrons. The average Bonchev–Trinajstić information content (AvgIpc) is 3.21. The standard InChI is InChI=1S/C17H31N/c1-2-4-14-5-3-6-16(10-7-14)18-13-17(11-12-17)15-8-9-15/h14-16,18H,2-13H2,1H3. The summed E-state index contributed by atoms with van der Waals surface area (Å²) in [6.45, 7) is 3.69. The van der Waals surface area contributed by atoms with Gasteiger partial charge in [0.2, 0.25) is 0 Å². The molecule has 0 bridgehead atoms. The van der Waals surface area contributed by atoms with Gasteiger partial charge in [-0.25, -0.2) is 0 Å². The monoisotopic (exact) mass is 249 g/mol. The lowest BCUT2D eigenvalue weighted by molar-refractivity contribution is 0.350. The molecule has 1 N–H and O–H groups in total. The van der Waals surface area contributed by atoms with E-state index in [4.69, 9.17) is 0 Å². The highest BCUT2D eigenvalue weighted by Gasteiger charge is 2.53. The van der Waals surface area contributed by atoms with Gasteiger partial charge in [-0.1, -0.05) is 32.6 Å². The molecule has 18 heavy (non-hydrogen) atoms. The molecule has 1 heteroatoms. The van der Waals surface area contributed by atoms with Crippen molar-refractivity contribution in [3.63, 3.8) is 0 Å². The second-order valence-corrected chi connectivity index (χ2v) is 7.38. The Labute approximate surface area is 113 Å². The summed E-state index contributed by atoms with van der Waals surface area (Å²) in [6.07, 6.45) is 16.3. The molecule has 3 aliphatic rings. The predicted molar refractivity (Wildman–Crippen MR) is 77.7 cm³/mol. The van der Waals surface area contributed by atoms with E-state index >= 15 is 0 Å². The van der Waals surface area contributed by atoms with Crippen LogP contribution in [0.3, 0.4) is 0 Å². The molecule has 0 radical (unpaired) electrons. The molecule has 0 aliphatic heterocycles. The Balaban J connectivity index is 1.40. The first-order valence-electron chi connectivity index (χ1n) is 8.56. The maximum absolute atomic E-state index is 3.95. The molecule has 3 saturated carbocycles. The molecule has 0 heterocycles. The van der Waals surface area contributed by atoms with E-state index in [0.717, 1.165) is 23.3 Å². The van der Waals surface area contributed by atoms with Gasteiger partial charge < -0.3 is 5.32 Å². The Hall–Kier alpha value is -0.0400. The minimum atomic E-state index is 0.787. The van der Waals surface area contributed by atoms with Gasteiger partial charge in [-0.05, 0) is 62.2 Å². The van der Waals surface area contributed by atoms with Crippen LogP contribution in [0, 0.1) is 17.3 Å². The summed E-state index contributed by atoms with van der Waals surface area (Å²) in [4.78, 5) is 0. The van der Waals surface area contributed by atoms with E-state index in [2.05, 4.69) is 12.2 Å². The fourth-order valence-electron chi connectivity index (χ4n) is 4.21. The van der Waals surface area contributed by atoms with Gasteiger partial charge in [0.25, 0.3) is 0 Å². The molecule has 3 aliphatic carbocycles. The first-order valence-corrected chi connectivity index (χ1v) is 8.56. The van der Waals surface area contributed by atoms with Gasteiger partial charge in [0, 0.05) is 12.6 Å². The lowest BCUT2D eigenvalue weighted by Crippen LogP contribution is -2.34. The summed E-state index contributed by atoms with van der Waals surface area (Å²) in [7, 11) is 0. The second kappa shape index (κ2) is 5.53. The Bertz CT molecular complexity index is 265. The van der Waals surface area contributed by atoms with Crippen LogP contribution in [0.2, 0.25) is 0 Å². The SMILES string of the molecule is CCCC1CCCC(NCC2(C3CC3)CC2)CC1. The van der Waals surface area contributed by atoms with Gasteiger partial charge in [0.15, 0.2) is 0 Å². The van der Waals surface area contributed by atoms with Crippen LogP contribution in [-0.4, -0.2) is 12.6 Å². The maximum atomic E-state index is 3.95. The normalized spacial score (nSPS) is 35.2. The van der Waals surface area contributed by atoms with Crippen molar-refractivity contribution >= 4 is 0 Å². The van der Waals surface area contributed by atoms with Crippen LogP contribution in [0.5, 0.6) is 0 Å². The molecule has 2 atom stereocenters. The Morgan fingerprint density at radius 2 is 1.83 bits per heavy atom. The smallest absolute Gasteiger partial charge is 0.00674 e. The summed E-state index contributed by atoms with van der Waals surface area (Å²) in [6, 6.07) is 0.850. The maximum Gasteiger partial charge on any atom is 0.00674 e. The minimum absolute atomic E-state index is 0.787. The van der Waals surface area contributed by atoms with Gasteiger partial charge in [0.05, 0.1) is 0 Å². The van der Waals surface area contributed by atoms with Crippen LogP contribution in [0.15, 0.2) is 0 Å². The van der Waals surface area contributed by atoms with E-state index < -0.39 is 0 Å². The van der Waals surface area contributed by atoms with Crippen molar-refractivity contribution in [3.05, 3.63) is 0 Å². The number of hydrogen-bond donors (Lipinski definition) is 1. The molecule has 1 nitrogen and oxygen atoms in total. The summed E-state index contributed by atoms with van der Waals surface area (Å²) in [5.41, 5.74) is 0.787. The highest BCUT2D eigenvalue weighted by Crippen LogP contribution is 2.60. The van der Waals surface area contributed by atoms with Gasteiger partial charge >= 0.3 is 0 Å². The Kier molecular flexibility index (Phi) is 3.98. The zero-order valence-electron chi connectivity index (χ0n) is 12.2. The van der Waals surface area contributed by atoms with Crippen LogP contribution < -0.4 is 5.32 Å². The molecule has 0 aromatic carbocycles. The summed E-state index contributed by atoms with van der Waals surface area (Å²) in [5.74, 6) is 2.16. The molecular weight excluding hydrogens is 218 g/mol. The van der Waals surface area contributed by atoms with E-state index in [1.165, 1.54) is 77.2 Å². The number of hydrogen-bond acceptors (Lipinski definition) is 1. The van der Waals surface area contributed by atoms with Crippen molar-refractivity contribution in [3.8, 4) is 0 Å². The molecule has 0 amide bonds.